The highest BCUT2D eigenvalue weighted by molar-refractivity contribution is 6.46. The van der Waals surface area contributed by atoms with Gasteiger partial charge in [-0.2, -0.15) is 0 Å². The molecule has 7 nitrogen and oxygen atoms in total. The number of hydrogen-bond acceptors (Lipinski definition) is 6. The van der Waals surface area contributed by atoms with E-state index in [-0.39, 0.29) is 17.9 Å². The molecule has 2 saturated heterocycles. The van der Waals surface area contributed by atoms with E-state index in [2.05, 4.69) is 4.90 Å². The fraction of sp³-hybridized carbons (Fsp3) is 0.290. The van der Waals surface area contributed by atoms with Gasteiger partial charge in [0, 0.05) is 31.7 Å². The number of likely N-dealkylation sites (tertiary alicyclic amines) is 1. The van der Waals surface area contributed by atoms with E-state index in [1.807, 2.05) is 37.3 Å². The molecule has 8 heteroatoms. The number of amides is 1. The van der Waals surface area contributed by atoms with Gasteiger partial charge in [0.1, 0.15) is 23.9 Å². The minimum Gasteiger partial charge on any atom is -0.507 e. The van der Waals surface area contributed by atoms with E-state index in [1.54, 1.807) is 30.3 Å². The van der Waals surface area contributed by atoms with Crippen molar-refractivity contribution in [3.63, 3.8) is 0 Å². The number of aliphatic hydroxyl groups is 1. The van der Waals surface area contributed by atoms with Crippen molar-refractivity contribution in [1.82, 2.24) is 9.80 Å². The molecular formula is C31H31FN2O5. The second-order valence-electron chi connectivity index (χ2n) is 9.75. The van der Waals surface area contributed by atoms with Crippen LogP contribution in [0.25, 0.3) is 5.76 Å². The summed E-state index contributed by atoms with van der Waals surface area (Å²) in [6.45, 7) is 5.76. The van der Waals surface area contributed by atoms with Crippen LogP contribution in [0.15, 0.2) is 78.4 Å². The summed E-state index contributed by atoms with van der Waals surface area (Å²) in [5.41, 5.74) is 2.70. The number of halogens is 1. The van der Waals surface area contributed by atoms with Crippen LogP contribution in [0, 0.1) is 12.7 Å². The molecule has 3 aromatic carbocycles. The Balaban J connectivity index is 1.45. The van der Waals surface area contributed by atoms with Crippen molar-refractivity contribution < 1.29 is 28.6 Å². The summed E-state index contributed by atoms with van der Waals surface area (Å²) in [6.07, 6.45) is 0. The van der Waals surface area contributed by atoms with Gasteiger partial charge in [-0.15, -0.1) is 0 Å². The van der Waals surface area contributed by atoms with Gasteiger partial charge in [0.2, 0.25) is 0 Å². The summed E-state index contributed by atoms with van der Waals surface area (Å²) in [7, 11) is 0. The molecule has 3 aromatic rings. The highest BCUT2D eigenvalue weighted by Gasteiger charge is 2.46. The Morgan fingerprint density at radius 1 is 1.00 bits per heavy atom. The van der Waals surface area contributed by atoms with Crippen molar-refractivity contribution in [1.29, 1.82) is 0 Å². The fourth-order valence-electron chi connectivity index (χ4n) is 5.05. The fourth-order valence-corrected chi connectivity index (χ4v) is 5.05. The Labute approximate surface area is 227 Å². The van der Waals surface area contributed by atoms with Crippen molar-refractivity contribution in [2.45, 2.75) is 19.6 Å². The third kappa shape index (κ3) is 5.87. The van der Waals surface area contributed by atoms with Crippen LogP contribution in [0.1, 0.15) is 28.3 Å². The maximum absolute atomic E-state index is 13.8. The molecule has 5 rings (SSSR count). The molecule has 0 saturated carbocycles. The molecule has 202 valence electrons. The molecule has 2 aliphatic heterocycles. The van der Waals surface area contributed by atoms with Crippen LogP contribution in [0.2, 0.25) is 0 Å². The molecular weight excluding hydrogens is 499 g/mol. The number of morpholine rings is 1. The summed E-state index contributed by atoms with van der Waals surface area (Å²) in [4.78, 5) is 30.2. The number of Topliss-reactive ketones (excluding diaryl/α,β-unsaturated/α-hetero) is 1. The van der Waals surface area contributed by atoms with Crippen LogP contribution in [-0.4, -0.2) is 66.0 Å². The number of hydrogen-bond donors (Lipinski definition) is 1. The van der Waals surface area contributed by atoms with E-state index >= 15 is 0 Å². The van der Waals surface area contributed by atoms with Crippen molar-refractivity contribution in [2.75, 3.05) is 39.4 Å². The number of ether oxygens (including phenoxy) is 2. The molecule has 1 atom stereocenters. The average Bonchev–Trinajstić information content (AvgIpc) is 3.21. The number of carbonyl (C=O) groups is 2. The zero-order valence-electron chi connectivity index (χ0n) is 21.8. The third-order valence-corrected chi connectivity index (χ3v) is 7.19. The normalized spacial score (nSPS) is 19.4. The van der Waals surface area contributed by atoms with Gasteiger partial charge < -0.3 is 19.5 Å². The van der Waals surface area contributed by atoms with Gasteiger partial charge in [0.15, 0.2) is 0 Å². The van der Waals surface area contributed by atoms with Crippen molar-refractivity contribution in [2.24, 2.45) is 0 Å². The smallest absolute Gasteiger partial charge is 0.295 e. The number of rotatable bonds is 8. The predicted molar refractivity (Wildman–Crippen MR) is 145 cm³/mol. The number of aryl methyl sites for hydroxylation is 1. The van der Waals surface area contributed by atoms with Crippen LogP contribution in [0.5, 0.6) is 5.75 Å². The summed E-state index contributed by atoms with van der Waals surface area (Å²) in [5.74, 6) is -1.50. The van der Waals surface area contributed by atoms with Gasteiger partial charge in [0.25, 0.3) is 11.7 Å². The van der Waals surface area contributed by atoms with E-state index in [0.29, 0.717) is 48.8 Å². The molecule has 0 radical (unpaired) electrons. The lowest BCUT2D eigenvalue weighted by atomic mass is 9.94. The zero-order valence-corrected chi connectivity index (χ0v) is 21.8. The maximum atomic E-state index is 13.8. The molecule has 2 fully saturated rings. The van der Waals surface area contributed by atoms with Crippen molar-refractivity contribution >= 4 is 17.4 Å². The third-order valence-electron chi connectivity index (χ3n) is 7.19. The van der Waals surface area contributed by atoms with Crippen LogP contribution in [0.4, 0.5) is 4.39 Å². The van der Waals surface area contributed by atoms with Gasteiger partial charge in [-0.05, 0) is 53.9 Å². The van der Waals surface area contributed by atoms with Gasteiger partial charge in [0.05, 0.1) is 24.8 Å². The predicted octanol–water partition coefficient (Wildman–Crippen LogP) is 4.47. The van der Waals surface area contributed by atoms with Gasteiger partial charge in [-0.25, -0.2) is 4.39 Å². The first kappa shape index (κ1) is 26.6. The SMILES string of the molecule is Cc1cc(OCc2ccccc2)ccc1/C(O)=C1/C(=O)C(=O)N(CCN2CCOCC2)C1c1ccc(F)cc1. The van der Waals surface area contributed by atoms with Crippen LogP contribution in [0.3, 0.4) is 0 Å². The van der Waals surface area contributed by atoms with E-state index in [0.717, 1.165) is 18.7 Å². The number of benzene rings is 3. The first-order valence-electron chi connectivity index (χ1n) is 13.0. The monoisotopic (exact) mass is 530 g/mol. The number of nitrogens with zero attached hydrogens (tertiary/aromatic N) is 2. The number of ketones is 1. The minimum atomic E-state index is -0.833. The number of carbonyl (C=O) groups excluding carboxylic acids is 2. The summed E-state index contributed by atoms with van der Waals surface area (Å²) in [6, 6.07) is 19.8. The zero-order chi connectivity index (χ0) is 27.4. The Bertz CT molecular complexity index is 1370. The molecule has 1 N–H and O–H groups in total. The van der Waals surface area contributed by atoms with Gasteiger partial charge in [-0.1, -0.05) is 42.5 Å². The quantitative estimate of drug-likeness (QED) is 0.263. The van der Waals surface area contributed by atoms with E-state index in [4.69, 9.17) is 9.47 Å². The lowest BCUT2D eigenvalue weighted by molar-refractivity contribution is -0.140. The Morgan fingerprint density at radius 2 is 1.72 bits per heavy atom. The second-order valence-corrected chi connectivity index (χ2v) is 9.75. The first-order chi connectivity index (χ1) is 18.9. The topological polar surface area (TPSA) is 79.3 Å². The molecule has 2 heterocycles. The lowest BCUT2D eigenvalue weighted by Gasteiger charge is -2.31. The van der Waals surface area contributed by atoms with Crippen molar-refractivity contribution in [3.05, 3.63) is 106 Å². The summed E-state index contributed by atoms with van der Waals surface area (Å²) < 4.78 is 25.1. The molecule has 2 aliphatic rings. The standard InChI is InChI=1S/C31H31FN2O5/c1-21-19-25(39-20-22-5-3-2-4-6-22)11-12-26(21)29(35)27-28(23-7-9-24(32)10-8-23)34(31(37)30(27)36)14-13-33-15-17-38-18-16-33/h2-12,19,28,35H,13-18,20H2,1H3/b29-27-. The molecule has 0 aromatic heterocycles. The lowest BCUT2D eigenvalue weighted by Crippen LogP contribution is -2.42. The Morgan fingerprint density at radius 3 is 2.41 bits per heavy atom. The van der Waals surface area contributed by atoms with E-state index in [1.165, 1.54) is 17.0 Å². The van der Waals surface area contributed by atoms with Crippen LogP contribution < -0.4 is 4.74 Å². The van der Waals surface area contributed by atoms with E-state index < -0.39 is 23.5 Å². The minimum absolute atomic E-state index is 0.00496. The molecule has 0 bridgehead atoms. The first-order valence-corrected chi connectivity index (χ1v) is 13.0. The average molecular weight is 531 g/mol. The second kappa shape index (κ2) is 11.8. The molecule has 1 amide bonds. The van der Waals surface area contributed by atoms with Gasteiger partial charge >= 0.3 is 0 Å². The summed E-state index contributed by atoms with van der Waals surface area (Å²) in [5, 5.41) is 11.4. The largest absolute Gasteiger partial charge is 0.507 e. The molecule has 1 unspecified atom stereocenters. The molecule has 0 aliphatic carbocycles. The van der Waals surface area contributed by atoms with Crippen LogP contribution >= 0.6 is 0 Å². The number of aliphatic hydroxyl groups excluding tert-OH is 1. The summed E-state index contributed by atoms with van der Waals surface area (Å²) >= 11 is 0. The van der Waals surface area contributed by atoms with Crippen molar-refractivity contribution in [3.8, 4) is 5.75 Å². The Hall–Kier alpha value is -4.01. The highest BCUT2D eigenvalue weighted by Crippen LogP contribution is 2.40. The Kier molecular flexibility index (Phi) is 8.05. The van der Waals surface area contributed by atoms with Crippen LogP contribution in [-0.2, 0) is 20.9 Å². The molecule has 39 heavy (non-hydrogen) atoms. The van der Waals surface area contributed by atoms with E-state index in [9.17, 15) is 19.1 Å². The maximum Gasteiger partial charge on any atom is 0.295 e. The molecule has 0 spiro atoms. The van der Waals surface area contributed by atoms with Gasteiger partial charge in [-0.3, -0.25) is 14.5 Å². The highest BCUT2D eigenvalue weighted by atomic mass is 19.1.